The molecule has 0 spiro atoms. The fourth-order valence-electron chi connectivity index (χ4n) is 3.69. The molecule has 1 unspecified atom stereocenters. The molecule has 1 aliphatic carbocycles. The molecule has 0 nitrogen and oxygen atoms in total. The van der Waals surface area contributed by atoms with Crippen molar-refractivity contribution in [1.82, 2.24) is 0 Å². The summed E-state index contributed by atoms with van der Waals surface area (Å²) >= 11 is 1.51. The minimum Gasteiger partial charge on any atom is -0.126 e. The topological polar surface area (TPSA) is 0 Å². The molecule has 34 heavy (non-hydrogen) atoms. The first-order chi connectivity index (χ1) is 15.4. The van der Waals surface area contributed by atoms with Crippen molar-refractivity contribution in [1.29, 1.82) is 0 Å². The standard InChI is InChI=1S/C13H9.C10H15.C8H8.2ClH.Zr/c1-3-7-12-10(5-1)9-11-6-2-4-8-13(11)12;1-8-5-6-9(7-8)10(2,3)4;1-2-8-6-4-3-5-7-8;;;/h1-9H;6-8H,1-4H3;1,3-7H,2H2;2*1H;/q2*-1;;;;+2/p-2. The van der Waals surface area contributed by atoms with Crippen molar-refractivity contribution in [2.75, 3.05) is 0 Å². The van der Waals surface area contributed by atoms with E-state index in [1.165, 1.54) is 56.9 Å². The van der Waals surface area contributed by atoms with Crippen molar-refractivity contribution < 1.29 is 49.0 Å². The van der Waals surface area contributed by atoms with Crippen molar-refractivity contribution >= 4 is 25.3 Å². The normalized spacial score (nSPS) is 14.1. The van der Waals surface area contributed by atoms with Crippen molar-refractivity contribution in [3.05, 3.63) is 114 Å². The first-order valence-corrected chi connectivity index (χ1v) is 12.7. The number of benzene rings is 3. The van der Waals surface area contributed by atoms with Gasteiger partial charge >= 0.3 is 70.3 Å². The SMILES string of the molecule is CC1[C-]=CC(C(C)(C)C)=C1.[Cl-].[Cl-].[Zr+2]=[CH]Cc1ccccc1.c1ccc2c(c1)[cH-]c1ccccc12. The number of rotatable bonds is 2. The van der Waals surface area contributed by atoms with Crippen LogP contribution in [0.25, 0.3) is 21.5 Å². The molecule has 3 heteroatoms. The van der Waals surface area contributed by atoms with E-state index < -0.39 is 0 Å². The number of hydrogen-bond acceptors (Lipinski definition) is 0. The average Bonchev–Trinajstić information content (AvgIpc) is 3.39. The van der Waals surface area contributed by atoms with Gasteiger partial charge in [-0.25, -0.2) is 6.08 Å². The van der Waals surface area contributed by atoms with Gasteiger partial charge in [-0.3, -0.25) is 6.08 Å². The van der Waals surface area contributed by atoms with E-state index in [4.69, 9.17) is 0 Å². The third-order valence-corrected chi connectivity index (χ3v) is 6.00. The van der Waals surface area contributed by atoms with Crippen LogP contribution < -0.4 is 24.8 Å². The van der Waals surface area contributed by atoms with Gasteiger partial charge < -0.3 is 24.8 Å². The van der Waals surface area contributed by atoms with E-state index in [-0.39, 0.29) is 24.8 Å². The largest absolute Gasteiger partial charge is 0.126 e. The quantitative estimate of drug-likeness (QED) is 0.327. The van der Waals surface area contributed by atoms with Crippen LogP contribution in [0.15, 0.2) is 103 Å². The van der Waals surface area contributed by atoms with Gasteiger partial charge in [0.05, 0.1) is 0 Å². The molecule has 1 atom stereocenters. The molecule has 0 fully saturated rings. The summed E-state index contributed by atoms with van der Waals surface area (Å²) in [5.41, 5.74) is 3.13. The van der Waals surface area contributed by atoms with E-state index in [2.05, 4.69) is 128 Å². The van der Waals surface area contributed by atoms with Crippen molar-refractivity contribution in [3.63, 3.8) is 0 Å². The molecule has 5 rings (SSSR count). The Morgan fingerprint density at radius 3 is 1.74 bits per heavy atom. The maximum absolute atomic E-state index is 3.26. The maximum atomic E-state index is 3.26. The van der Waals surface area contributed by atoms with Crippen molar-refractivity contribution in [2.24, 2.45) is 11.3 Å². The summed E-state index contributed by atoms with van der Waals surface area (Å²) < 4.78 is 2.25. The fraction of sp³-hybridized carbons (Fsp3) is 0.226. The number of allylic oxidation sites excluding steroid dienone is 4. The van der Waals surface area contributed by atoms with Crippen molar-refractivity contribution in [3.8, 4) is 0 Å². The third-order valence-electron chi connectivity index (χ3n) is 5.50. The minimum atomic E-state index is 0. The van der Waals surface area contributed by atoms with E-state index in [0.717, 1.165) is 6.42 Å². The van der Waals surface area contributed by atoms with E-state index in [1.54, 1.807) is 0 Å². The number of hydrogen-bond donors (Lipinski definition) is 0. The maximum Gasteiger partial charge on any atom is -0.0771 e. The molecule has 0 saturated heterocycles. The van der Waals surface area contributed by atoms with Gasteiger partial charge in [0.2, 0.25) is 0 Å². The molecule has 0 saturated carbocycles. The number of halogens is 2. The zero-order valence-electron chi connectivity index (χ0n) is 20.4. The third kappa shape index (κ3) is 8.85. The zero-order valence-corrected chi connectivity index (χ0v) is 24.3. The summed E-state index contributed by atoms with van der Waals surface area (Å²) in [5.74, 6) is 0.522. The molecule has 0 aliphatic heterocycles. The van der Waals surface area contributed by atoms with Crippen LogP contribution in [-0.4, -0.2) is 3.71 Å². The monoisotopic (exact) mass is 564 g/mol. The first kappa shape index (κ1) is 30.4. The predicted octanol–water partition coefficient (Wildman–Crippen LogP) is 2.27. The molecule has 0 bridgehead atoms. The van der Waals surface area contributed by atoms with Crippen LogP contribution in [0.2, 0.25) is 0 Å². The molecule has 4 aromatic rings. The van der Waals surface area contributed by atoms with Crippen LogP contribution in [-0.2, 0) is 30.7 Å². The molecule has 1 aliphatic rings. The smallest absolute Gasteiger partial charge is 0.0771 e. The Morgan fingerprint density at radius 2 is 1.32 bits per heavy atom. The van der Waals surface area contributed by atoms with E-state index in [1.807, 2.05) is 6.07 Å². The predicted molar refractivity (Wildman–Crippen MR) is 138 cm³/mol. The Kier molecular flexibility index (Phi) is 13.1. The van der Waals surface area contributed by atoms with Gasteiger partial charge in [-0.1, -0.05) is 75.4 Å². The van der Waals surface area contributed by atoms with E-state index in [9.17, 15) is 0 Å². The Hall–Kier alpha value is -1.66. The molecule has 0 radical (unpaired) electrons. The Bertz CT molecular complexity index is 1160. The average molecular weight is 567 g/mol. The Morgan fingerprint density at radius 1 is 0.824 bits per heavy atom. The summed E-state index contributed by atoms with van der Waals surface area (Å²) in [4.78, 5) is 0. The molecule has 0 N–H and O–H groups in total. The summed E-state index contributed by atoms with van der Waals surface area (Å²) in [6, 6.07) is 29.8. The van der Waals surface area contributed by atoms with Gasteiger partial charge in [-0.2, -0.15) is 11.6 Å². The van der Waals surface area contributed by atoms with Crippen LogP contribution >= 0.6 is 0 Å². The van der Waals surface area contributed by atoms with Crippen LogP contribution in [0.3, 0.4) is 0 Å². The van der Waals surface area contributed by atoms with Gasteiger partial charge in [0, 0.05) is 0 Å². The van der Waals surface area contributed by atoms with Gasteiger partial charge in [0.25, 0.3) is 0 Å². The molecular weight excluding hydrogens is 534 g/mol. The molecule has 4 aromatic carbocycles. The second-order valence-corrected chi connectivity index (χ2v) is 10.2. The fourth-order valence-corrected chi connectivity index (χ4v) is 4.27. The summed E-state index contributed by atoms with van der Waals surface area (Å²) in [5, 5.41) is 5.39. The Labute approximate surface area is 232 Å². The van der Waals surface area contributed by atoms with Crippen LogP contribution in [0, 0.1) is 17.4 Å². The molecule has 176 valence electrons. The van der Waals surface area contributed by atoms with Gasteiger partial charge in [0.15, 0.2) is 0 Å². The van der Waals surface area contributed by atoms with Gasteiger partial charge in [-0.05, 0) is 0 Å². The molecule has 0 aromatic heterocycles. The van der Waals surface area contributed by atoms with Crippen LogP contribution in [0.4, 0.5) is 0 Å². The van der Waals surface area contributed by atoms with Crippen LogP contribution in [0.5, 0.6) is 0 Å². The molecule has 0 amide bonds. The van der Waals surface area contributed by atoms with Crippen molar-refractivity contribution in [2.45, 2.75) is 34.1 Å². The molecule has 0 heterocycles. The summed E-state index contributed by atoms with van der Waals surface area (Å²) in [6.07, 6.45) is 8.78. The van der Waals surface area contributed by atoms with Crippen LogP contribution in [0.1, 0.15) is 33.3 Å². The second-order valence-electron chi connectivity index (χ2n) is 9.18. The summed E-state index contributed by atoms with van der Waals surface area (Å²) in [7, 11) is 0. The first-order valence-electron chi connectivity index (χ1n) is 11.3. The second kappa shape index (κ2) is 14.7. The molecular formula is C31H32Cl2Zr-2. The van der Waals surface area contributed by atoms with E-state index in [0.29, 0.717) is 11.3 Å². The van der Waals surface area contributed by atoms with E-state index >= 15 is 0 Å². The van der Waals surface area contributed by atoms with Gasteiger partial charge in [0.1, 0.15) is 0 Å². The Balaban J connectivity index is 0.000000253. The zero-order chi connectivity index (χ0) is 23.0. The number of fused-ring (bicyclic) bond motifs is 3. The summed E-state index contributed by atoms with van der Waals surface area (Å²) in [6.45, 7) is 8.86. The minimum absolute atomic E-state index is 0. The van der Waals surface area contributed by atoms with Gasteiger partial charge in [-0.15, -0.1) is 39.7 Å².